The SMILES string of the molecule is COCCOC(=O)C1=C(C)N([C@@H](C)COC)C(=S)N[C@H]1c1ccccc1Cl. The van der Waals surface area contributed by atoms with E-state index in [2.05, 4.69) is 5.32 Å². The Kier molecular flexibility index (Phi) is 8.04. The molecule has 0 aromatic heterocycles. The highest BCUT2D eigenvalue weighted by Crippen LogP contribution is 2.35. The summed E-state index contributed by atoms with van der Waals surface area (Å²) in [6, 6.07) is 6.82. The van der Waals surface area contributed by atoms with Gasteiger partial charge in [0, 0.05) is 24.9 Å². The monoisotopic (exact) mass is 412 g/mol. The van der Waals surface area contributed by atoms with Gasteiger partial charge in [0.25, 0.3) is 0 Å². The van der Waals surface area contributed by atoms with E-state index in [0.29, 0.717) is 28.9 Å². The van der Waals surface area contributed by atoms with E-state index in [9.17, 15) is 4.79 Å². The van der Waals surface area contributed by atoms with Crippen molar-refractivity contribution in [1.82, 2.24) is 10.2 Å². The zero-order valence-electron chi connectivity index (χ0n) is 16.0. The normalized spacial score (nSPS) is 18.3. The van der Waals surface area contributed by atoms with Crippen LogP contribution >= 0.6 is 23.8 Å². The summed E-state index contributed by atoms with van der Waals surface area (Å²) >= 11 is 12.0. The Morgan fingerprint density at radius 2 is 2.00 bits per heavy atom. The number of carbonyl (C=O) groups is 1. The Bertz CT molecular complexity index is 725. The molecule has 1 heterocycles. The van der Waals surface area contributed by atoms with Crippen LogP contribution in [0.5, 0.6) is 0 Å². The Morgan fingerprint density at radius 1 is 1.30 bits per heavy atom. The molecule has 1 N–H and O–H groups in total. The number of halogens is 1. The van der Waals surface area contributed by atoms with Gasteiger partial charge in [0.15, 0.2) is 5.11 Å². The molecule has 0 radical (unpaired) electrons. The van der Waals surface area contributed by atoms with Gasteiger partial charge in [-0.1, -0.05) is 29.8 Å². The fourth-order valence-corrected chi connectivity index (χ4v) is 3.79. The summed E-state index contributed by atoms with van der Waals surface area (Å²) in [6.07, 6.45) is 0. The second-order valence-electron chi connectivity index (χ2n) is 6.21. The van der Waals surface area contributed by atoms with Crippen LogP contribution in [0.2, 0.25) is 5.02 Å². The van der Waals surface area contributed by atoms with Crippen molar-refractivity contribution in [3.8, 4) is 0 Å². The van der Waals surface area contributed by atoms with Gasteiger partial charge in [-0.3, -0.25) is 0 Å². The van der Waals surface area contributed by atoms with Gasteiger partial charge < -0.3 is 24.4 Å². The number of esters is 1. The van der Waals surface area contributed by atoms with Crippen LogP contribution in [0.25, 0.3) is 0 Å². The number of rotatable bonds is 8. The molecule has 0 fully saturated rings. The van der Waals surface area contributed by atoms with Gasteiger partial charge in [0.05, 0.1) is 30.9 Å². The Labute approximate surface area is 170 Å². The lowest BCUT2D eigenvalue weighted by atomic mass is 9.94. The first kappa shape index (κ1) is 21.6. The molecule has 0 saturated heterocycles. The summed E-state index contributed by atoms with van der Waals surface area (Å²) in [5, 5.41) is 4.30. The van der Waals surface area contributed by atoms with E-state index >= 15 is 0 Å². The first-order chi connectivity index (χ1) is 12.9. The molecule has 1 aliphatic rings. The molecule has 2 atom stereocenters. The van der Waals surface area contributed by atoms with Crippen molar-refractivity contribution in [3.63, 3.8) is 0 Å². The van der Waals surface area contributed by atoms with Crippen molar-refractivity contribution in [2.24, 2.45) is 0 Å². The van der Waals surface area contributed by atoms with Gasteiger partial charge in [0.2, 0.25) is 0 Å². The lowest BCUT2D eigenvalue weighted by Crippen LogP contribution is -2.52. The molecule has 1 aromatic carbocycles. The molecular weight excluding hydrogens is 388 g/mol. The average molecular weight is 413 g/mol. The number of thiocarbonyl (C=S) groups is 1. The van der Waals surface area contributed by atoms with Crippen LogP contribution in [0.3, 0.4) is 0 Å². The summed E-state index contributed by atoms with van der Waals surface area (Å²) in [5.41, 5.74) is 1.95. The standard InChI is InChI=1S/C19H25ClN2O4S/c1-12(11-25-4)22-13(2)16(18(23)26-10-9-24-3)17(21-19(22)27)14-7-5-6-8-15(14)20/h5-8,12,17H,9-11H2,1-4H3,(H,21,27)/t12-,17-/m0/s1. The molecule has 2 rings (SSSR count). The smallest absolute Gasteiger partial charge is 0.338 e. The minimum atomic E-state index is -0.493. The number of allylic oxidation sites excluding steroid dienone is 1. The maximum absolute atomic E-state index is 12.9. The number of methoxy groups -OCH3 is 2. The minimum absolute atomic E-state index is 0.0519. The first-order valence-corrected chi connectivity index (χ1v) is 9.40. The molecule has 0 unspecified atom stereocenters. The van der Waals surface area contributed by atoms with Crippen molar-refractivity contribution in [3.05, 3.63) is 46.1 Å². The third-order valence-electron chi connectivity index (χ3n) is 4.33. The van der Waals surface area contributed by atoms with Gasteiger partial charge in [0.1, 0.15) is 6.61 Å². The highest BCUT2D eigenvalue weighted by Gasteiger charge is 2.37. The number of benzene rings is 1. The van der Waals surface area contributed by atoms with Crippen LogP contribution in [0.4, 0.5) is 0 Å². The summed E-state index contributed by atoms with van der Waals surface area (Å²) in [7, 11) is 3.18. The van der Waals surface area contributed by atoms with E-state index in [1.807, 2.05) is 36.9 Å². The Morgan fingerprint density at radius 3 is 2.63 bits per heavy atom. The number of nitrogens with one attached hydrogen (secondary N) is 1. The van der Waals surface area contributed by atoms with E-state index in [0.717, 1.165) is 11.3 Å². The van der Waals surface area contributed by atoms with Crippen LogP contribution in [-0.2, 0) is 19.0 Å². The molecule has 0 amide bonds. The second-order valence-corrected chi connectivity index (χ2v) is 7.00. The first-order valence-electron chi connectivity index (χ1n) is 8.62. The van der Waals surface area contributed by atoms with Gasteiger partial charge in [-0.05, 0) is 37.7 Å². The zero-order chi connectivity index (χ0) is 20.0. The van der Waals surface area contributed by atoms with Gasteiger partial charge >= 0.3 is 5.97 Å². The van der Waals surface area contributed by atoms with Crippen molar-refractivity contribution in [1.29, 1.82) is 0 Å². The van der Waals surface area contributed by atoms with Crippen molar-refractivity contribution in [2.45, 2.75) is 25.9 Å². The summed E-state index contributed by atoms with van der Waals surface area (Å²) < 4.78 is 15.6. The van der Waals surface area contributed by atoms with Crippen LogP contribution in [0.15, 0.2) is 35.5 Å². The van der Waals surface area contributed by atoms with E-state index in [-0.39, 0.29) is 12.6 Å². The highest BCUT2D eigenvalue weighted by molar-refractivity contribution is 7.80. The van der Waals surface area contributed by atoms with Crippen LogP contribution in [0.1, 0.15) is 25.5 Å². The predicted octanol–water partition coefficient (Wildman–Crippen LogP) is 3.07. The van der Waals surface area contributed by atoms with Crippen molar-refractivity contribution < 1.29 is 19.0 Å². The van der Waals surface area contributed by atoms with Gasteiger partial charge in [-0.25, -0.2) is 4.79 Å². The zero-order valence-corrected chi connectivity index (χ0v) is 17.5. The van der Waals surface area contributed by atoms with Gasteiger partial charge in [-0.15, -0.1) is 0 Å². The molecule has 27 heavy (non-hydrogen) atoms. The average Bonchev–Trinajstić information content (AvgIpc) is 2.62. The molecule has 148 valence electrons. The molecule has 0 aliphatic carbocycles. The fraction of sp³-hybridized carbons (Fsp3) is 0.474. The quantitative estimate of drug-likeness (QED) is 0.400. The van der Waals surface area contributed by atoms with Crippen LogP contribution < -0.4 is 5.32 Å². The lowest BCUT2D eigenvalue weighted by molar-refractivity contribution is -0.140. The summed E-state index contributed by atoms with van der Waals surface area (Å²) in [6.45, 7) is 4.78. The van der Waals surface area contributed by atoms with E-state index < -0.39 is 12.0 Å². The molecular formula is C19H25ClN2O4S. The van der Waals surface area contributed by atoms with E-state index in [1.165, 1.54) is 0 Å². The molecule has 8 heteroatoms. The summed E-state index contributed by atoms with van der Waals surface area (Å²) in [5.74, 6) is -0.431. The molecule has 1 aromatic rings. The largest absolute Gasteiger partial charge is 0.460 e. The maximum atomic E-state index is 12.9. The molecule has 6 nitrogen and oxygen atoms in total. The molecule has 1 aliphatic heterocycles. The number of ether oxygens (including phenoxy) is 3. The number of hydrogen-bond acceptors (Lipinski definition) is 5. The van der Waals surface area contributed by atoms with Gasteiger partial charge in [-0.2, -0.15) is 0 Å². The van der Waals surface area contributed by atoms with Crippen molar-refractivity contribution >= 4 is 34.9 Å². The Balaban J connectivity index is 2.48. The number of carbonyl (C=O) groups excluding carboxylic acids is 1. The Hall–Kier alpha value is -1.67. The highest BCUT2D eigenvalue weighted by atomic mass is 35.5. The fourth-order valence-electron chi connectivity index (χ4n) is 3.11. The van der Waals surface area contributed by atoms with E-state index in [4.69, 9.17) is 38.0 Å². The maximum Gasteiger partial charge on any atom is 0.338 e. The summed E-state index contributed by atoms with van der Waals surface area (Å²) in [4.78, 5) is 14.8. The predicted molar refractivity (Wildman–Crippen MR) is 109 cm³/mol. The third-order valence-corrected chi connectivity index (χ3v) is 4.99. The topological polar surface area (TPSA) is 60.0 Å². The number of nitrogens with zero attached hydrogens (tertiary/aromatic N) is 1. The minimum Gasteiger partial charge on any atom is -0.460 e. The third kappa shape index (κ3) is 4.99. The lowest BCUT2D eigenvalue weighted by Gasteiger charge is -2.40. The molecule has 0 spiro atoms. The van der Waals surface area contributed by atoms with E-state index in [1.54, 1.807) is 20.3 Å². The van der Waals surface area contributed by atoms with Crippen LogP contribution in [0, 0.1) is 0 Å². The second kappa shape index (κ2) is 10.0. The number of hydrogen-bond donors (Lipinski definition) is 1. The molecule has 0 saturated carbocycles. The van der Waals surface area contributed by atoms with Crippen LogP contribution in [-0.4, -0.2) is 56.1 Å². The molecule has 0 bridgehead atoms. The van der Waals surface area contributed by atoms with Crippen molar-refractivity contribution in [2.75, 3.05) is 34.0 Å².